The van der Waals surface area contributed by atoms with Gasteiger partial charge in [-0.15, -0.1) is 0 Å². The minimum absolute atomic E-state index is 0.547. The highest BCUT2D eigenvalue weighted by Gasteiger charge is 2.44. The zero-order valence-corrected chi connectivity index (χ0v) is 19.2. The number of rotatable bonds is 5. The largest absolute Gasteiger partial charge is 0.497 e. The number of ether oxygens (including phenoxy) is 1. The van der Waals surface area contributed by atoms with Gasteiger partial charge in [-0.2, -0.15) is 0 Å². The quantitative estimate of drug-likeness (QED) is 0.650. The van der Waals surface area contributed by atoms with Crippen LogP contribution in [-0.4, -0.2) is 62.9 Å². The number of likely N-dealkylation sites (tertiary alicyclic amines) is 2. The van der Waals surface area contributed by atoms with E-state index < -0.39 is 0 Å². The van der Waals surface area contributed by atoms with E-state index in [0.29, 0.717) is 5.41 Å². The van der Waals surface area contributed by atoms with Crippen molar-refractivity contribution in [2.75, 3.05) is 47.4 Å². The SMILES string of the molecule is CN=C1C=CC(CCC2=CCCC=C2OC)=C/C1=C(/C)N1CC2(CCN(C)CC2)C1. The Morgan fingerprint density at radius 3 is 2.53 bits per heavy atom. The van der Waals surface area contributed by atoms with E-state index in [2.05, 4.69) is 59.1 Å². The van der Waals surface area contributed by atoms with E-state index >= 15 is 0 Å². The van der Waals surface area contributed by atoms with Crippen LogP contribution in [0.25, 0.3) is 0 Å². The van der Waals surface area contributed by atoms with Gasteiger partial charge < -0.3 is 14.5 Å². The summed E-state index contributed by atoms with van der Waals surface area (Å²) in [7, 11) is 5.93. The van der Waals surface area contributed by atoms with Gasteiger partial charge in [0.1, 0.15) is 5.76 Å². The molecule has 162 valence electrons. The Kier molecular flexibility index (Phi) is 6.33. The van der Waals surface area contributed by atoms with E-state index in [1.165, 1.54) is 61.4 Å². The van der Waals surface area contributed by atoms with Gasteiger partial charge in [0.25, 0.3) is 0 Å². The fourth-order valence-electron chi connectivity index (χ4n) is 5.23. The highest BCUT2D eigenvalue weighted by atomic mass is 16.5. The third kappa shape index (κ3) is 4.34. The van der Waals surface area contributed by atoms with Crippen molar-refractivity contribution in [2.45, 2.75) is 45.4 Å². The molecule has 0 unspecified atom stereocenters. The molecular weight excluding hydrogens is 370 g/mol. The average Bonchev–Trinajstić information content (AvgIpc) is 2.76. The fourth-order valence-corrected chi connectivity index (χ4v) is 5.23. The van der Waals surface area contributed by atoms with E-state index in [1.54, 1.807) is 7.11 Å². The Hall–Kier alpha value is -2.07. The van der Waals surface area contributed by atoms with Crippen LogP contribution in [-0.2, 0) is 4.74 Å². The number of hydrogen-bond donors (Lipinski definition) is 0. The minimum atomic E-state index is 0.547. The Labute approximate surface area is 182 Å². The van der Waals surface area contributed by atoms with E-state index in [0.717, 1.165) is 37.2 Å². The van der Waals surface area contributed by atoms with Crippen molar-refractivity contribution < 1.29 is 4.74 Å². The van der Waals surface area contributed by atoms with Crippen LogP contribution in [0.2, 0.25) is 0 Å². The lowest BCUT2D eigenvalue weighted by molar-refractivity contribution is -0.0215. The molecule has 0 N–H and O–H groups in total. The molecule has 1 spiro atoms. The number of nitrogens with zero attached hydrogens (tertiary/aromatic N) is 3. The topological polar surface area (TPSA) is 28.1 Å². The summed E-state index contributed by atoms with van der Waals surface area (Å²) in [5.41, 5.74) is 7.07. The van der Waals surface area contributed by atoms with Crippen molar-refractivity contribution in [3.05, 3.63) is 58.6 Å². The summed E-state index contributed by atoms with van der Waals surface area (Å²) in [5.74, 6) is 1.06. The van der Waals surface area contributed by atoms with E-state index in [1.807, 2.05) is 7.05 Å². The molecule has 0 amide bonds. The first-order chi connectivity index (χ1) is 14.5. The molecule has 0 radical (unpaired) electrons. The first-order valence-electron chi connectivity index (χ1n) is 11.5. The van der Waals surface area contributed by atoms with Gasteiger partial charge in [-0.3, -0.25) is 4.99 Å². The lowest BCUT2D eigenvalue weighted by Gasteiger charge is -2.55. The van der Waals surface area contributed by atoms with Gasteiger partial charge in [0, 0.05) is 36.8 Å². The Morgan fingerprint density at radius 1 is 1.10 bits per heavy atom. The first kappa shape index (κ1) is 21.2. The van der Waals surface area contributed by atoms with Crippen molar-refractivity contribution >= 4 is 5.71 Å². The molecule has 30 heavy (non-hydrogen) atoms. The summed E-state index contributed by atoms with van der Waals surface area (Å²) in [4.78, 5) is 9.61. The number of piperidine rings is 1. The maximum absolute atomic E-state index is 5.57. The van der Waals surface area contributed by atoms with E-state index in [-0.39, 0.29) is 0 Å². The number of methoxy groups -OCH3 is 1. The molecule has 0 aromatic rings. The summed E-state index contributed by atoms with van der Waals surface area (Å²) >= 11 is 0. The third-order valence-electron chi connectivity index (χ3n) is 7.37. The Balaban J connectivity index is 1.45. The maximum atomic E-state index is 5.57. The van der Waals surface area contributed by atoms with E-state index in [9.17, 15) is 0 Å². The molecular formula is C26H37N3O. The normalized spacial score (nSPS) is 26.9. The molecule has 2 aliphatic carbocycles. The van der Waals surface area contributed by atoms with E-state index in [4.69, 9.17) is 4.74 Å². The van der Waals surface area contributed by atoms with Crippen LogP contribution >= 0.6 is 0 Å². The third-order valence-corrected chi connectivity index (χ3v) is 7.37. The predicted molar refractivity (Wildman–Crippen MR) is 126 cm³/mol. The second kappa shape index (κ2) is 8.97. The van der Waals surface area contributed by atoms with Crippen LogP contribution in [0.3, 0.4) is 0 Å². The average molecular weight is 408 g/mol. The number of hydrogen-bond acceptors (Lipinski definition) is 4. The summed E-state index contributed by atoms with van der Waals surface area (Å²) in [6, 6.07) is 0. The van der Waals surface area contributed by atoms with Gasteiger partial charge in [-0.05, 0) is 95.0 Å². The molecule has 2 aliphatic heterocycles. The van der Waals surface area contributed by atoms with Crippen LogP contribution in [0, 0.1) is 5.41 Å². The van der Waals surface area contributed by atoms with Crippen LogP contribution in [0.4, 0.5) is 0 Å². The molecule has 0 aromatic heterocycles. The van der Waals surface area contributed by atoms with Gasteiger partial charge in [0.05, 0.1) is 12.8 Å². The predicted octanol–water partition coefficient (Wildman–Crippen LogP) is 4.89. The molecule has 4 aliphatic rings. The summed E-state index contributed by atoms with van der Waals surface area (Å²) in [6.07, 6.45) is 18.3. The molecule has 4 heteroatoms. The van der Waals surface area contributed by atoms with Crippen LogP contribution in [0.5, 0.6) is 0 Å². The highest BCUT2D eigenvalue weighted by molar-refractivity contribution is 6.12. The second-order valence-electron chi connectivity index (χ2n) is 9.40. The maximum Gasteiger partial charge on any atom is 0.117 e. The Morgan fingerprint density at radius 2 is 1.83 bits per heavy atom. The zero-order chi connectivity index (χ0) is 21.1. The fraction of sp³-hybridized carbons (Fsp3) is 0.577. The summed E-state index contributed by atoms with van der Waals surface area (Å²) in [6.45, 7) is 7.17. The molecule has 0 bridgehead atoms. The summed E-state index contributed by atoms with van der Waals surface area (Å²) < 4.78 is 5.57. The molecule has 2 heterocycles. The highest BCUT2D eigenvalue weighted by Crippen LogP contribution is 2.42. The van der Waals surface area contributed by atoms with Crippen LogP contribution in [0.1, 0.15) is 45.4 Å². The van der Waals surface area contributed by atoms with Crippen LogP contribution in [0.15, 0.2) is 63.5 Å². The van der Waals surface area contributed by atoms with Gasteiger partial charge in [0.15, 0.2) is 0 Å². The molecule has 0 atom stereocenters. The number of aliphatic imine (C=N–C) groups is 1. The van der Waals surface area contributed by atoms with Gasteiger partial charge in [-0.25, -0.2) is 0 Å². The standard InChI is InChI=1S/C26H37N3O/c1-20(29-18-26(19-29)13-15-28(3)16-14-26)23-17-21(10-12-24(23)27-2)9-11-22-7-5-6-8-25(22)30-4/h7-8,10,12,17H,5-6,9,11,13-16,18-19H2,1-4H3/b23-20+,27-24?. The van der Waals surface area contributed by atoms with Gasteiger partial charge in [-0.1, -0.05) is 12.2 Å². The van der Waals surface area contributed by atoms with Crippen molar-refractivity contribution in [1.82, 2.24) is 9.80 Å². The number of allylic oxidation sites excluding steroid dienone is 9. The van der Waals surface area contributed by atoms with Gasteiger partial charge >= 0.3 is 0 Å². The lowest BCUT2D eigenvalue weighted by atomic mass is 9.71. The smallest absolute Gasteiger partial charge is 0.117 e. The molecule has 2 saturated heterocycles. The van der Waals surface area contributed by atoms with Crippen molar-refractivity contribution in [1.29, 1.82) is 0 Å². The van der Waals surface area contributed by atoms with Crippen LogP contribution < -0.4 is 0 Å². The van der Waals surface area contributed by atoms with Gasteiger partial charge in [0.2, 0.25) is 0 Å². The molecule has 4 rings (SSSR count). The molecule has 4 nitrogen and oxygen atoms in total. The Bertz CT molecular complexity index is 840. The molecule has 0 saturated carbocycles. The second-order valence-corrected chi connectivity index (χ2v) is 9.40. The first-order valence-corrected chi connectivity index (χ1v) is 11.5. The minimum Gasteiger partial charge on any atom is -0.497 e. The van der Waals surface area contributed by atoms with Crippen molar-refractivity contribution in [2.24, 2.45) is 10.4 Å². The monoisotopic (exact) mass is 407 g/mol. The molecule has 0 aromatic carbocycles. The van der Waals surface area contributed by atoms with Crippen molar-refractivity contribution in [3.8, 4) is 0 Å². The van der Waals surface area contributed by atoms with Crippen molar-refractivity contribution in [3.63, 3.8) is 0 Å². The molecule has 2 fully saturated rings. The zero-order valence-electron chi connectivity index (χ0n) is 19.2. The summed E-state index contributed by atoms with van der Waals surface area (Å²) in [5, 5.41) is 0. The lowest BCUT2D eigenvalue weighted by Crippen LogP contribution is -2.59.